The summed E-state index contributed by atoms with van der Waals surface area (Å²) in [4.78, 5) is 101. The second kappa shape index (κ2) is 30.2. The molecule has 17 rings (SSSR count). The first kappa shape index (κ1) is 74.3. The quantitative estimate of drug-likeness (QED) is 0.0179. The highest BCUT2D eigenvalue weighted by molar-refractivity contribution is 6.45. The largest absolute Gasteiger partial charge is 0.461 e. The van der Waals surface area contributed by atoms with Crippen molar-refractivity contribution in [3.63, 3.8) is 0 Å². The number of fused-ring (bicyclic) bond motifs is 2. The zero-order chi connectivity index (χ0) is 76.8. The molecule has 578 valence electrons. The summed E-state index contributed by atoms with van der Waals surface area (Å²) in [7, 11) is 0. The highest BCUT2D eigenvalue weighted by Crippen LogP contribution is 2.59. The van der Waals surface area contributed by atoms with Crippen molar-refractivity contribution in [2.45, 2.75) is 237 Å². The smallest absolute Gasteiger partial charge is 0.329 e. The molecular weight excluding hydrogens is 1400 g/mol. The number of epoxide rings is 2. The van der Waals surface area contributed by atoms with E-state index in [0.29, 0.717) is 120 Å². The summed E-state index contributed by atoms with van der Waals surface area (Å²) in [6.45, 7) is 22.0. The third kappa shape index (κ3) is 14.6. The topological polar surface area (TPSA) is 213 Å². The maximum atomic E-state index is 16.8. The van der Waals surface area contributed by atoms with Crippen molar-refractivity contribution in [3.8, 4) is 46.0 Å². The molecular formula is C93H102N4O14. The van der Waals surface area contributed by atoms with E-state index in [1.807, 2.05) is 97.1 Å². The van der Waals surface area contributed by atoms with E-state index in [1.165, 1.54) is 9.80 Å². The number of carbonyl (C=O) groups is 6. The molecule has 4 aliphatic heterocycles. The van der Waals surface area contributed by atoms with E-state index in [0.717, 1.165) is 86.8 Å². The average molecular weight is 1500 g/mol. The van der Waals surface area contributed by atoms with Gasteiger partial charge in [-0.25, -0.2) is 9.59 Å². The standard InChI is InChI=1S/C93H102N4O14/c1-50(2)53-24-32-61(33-25-53)106-73-42-69-77-70(88(99)96(87(69)98)85(56-16-10-11-17-56)91(102)110-65-22-14-20-59(40-65)94-46-67-48-104-67)44-75(108-63-36-28-55(29-37-63)52(5)6)81-82-76(109-64-38-30-58(31-39-64)93(7,8)9)45-72-78-71(43-74(80(84(78)82)79(73)83(77)81)107-62-34-26-54(27-35-62)51(3)4)89(100)97(90(72)101)86(57-18-12-13-19-57)92(103)111-66-23-15-21-60(41-66)95-47-68-49-105-68/h24-39,42-45,50-52,56-57,59-60,65-68,85-86,94-95H,10-23,40-41,46-49H2,1-9H3. The molecule has 4 amide bonds. The number of nitrogens with one attached hydrogen (secondary N) is 2. The van der Waals surface area contributed by atoms with E-state index in [1.54, 1.807) is 24.3 Å². The van der Waals surface area contributed by atoms with Crippen LogP contribution in [-0.2, 0) is 34.0 Å². The molecule has 111 heavy (non-hydrogen) atoms. The Balaban J connectivity index is 0.940. The first-order valence-corrected chi connectivity index (χ1v) is 40.9. The Bertz CT molecular complexity index is 5060. The molecule has 8 unspecified atom stereocenters. The van der Waals surface area contributed by atoms with Gasteiger partial charge in [0.15, 0.2) is 0 Å². The fourth-order valence-electron chi connectivity index (χ4n) is 18.5. The third-order valence-electron chi connectivity index (χ3n) is 24.9. The average Bonchev–Trinajstić information content (AvgIpc) is 1.47. The maximum Gasteiger partial charge on any atom is 0.329 e. The predicted octanol–water partition coefficient (Wildman–Crippen LogP) is 19.6. The van der Waals surface area contributed by atoms with Crippen LogP contribution in [0.2, 0.25) is 0 Å². The van der Waals surface area contributed by atoms with Crippen molar-refractivity contribution in [1.29, 1.82) is 0 Å². The summed E-state index contributed by atoms with van der Waals surface area (Å²) >= 11 is 0. The summed E-state index contributed by atoms with van der Waals surface area (Å²) < 4.78 is 54.1. The maximum absolute atomic E-state index is 16.8. The molecule has 9 aromatic carbocycles. The van der Waals surface area contributed by atoms with Gasteiger partial charge in [-0.15, -0.1) is 0 Å². The van der Waals surface area contributed by atoms with Gasteiger partial charge in [-0.1, -0.05) is 137 Å². The van der Waals surface area contributed by atoms with Crippen LogP contribution in [0.3, 0.4) is 0 Å². The summed E-state index contributed by atoms with van der Waals surface area (Å²) in [5.74, 6) is -2.07. The van der Waals surface area contributed by atoms with E-state index in [-0.39, 0.29) is 103 Å². The second-order valence-corrected chi connectivity index (χ2v) is 34.6. The Kier molecular flexibility index (Phi) is 20.2. The highest BCUT2D eigenvalue weighted by atomic mass is 16.6. The fraction of sp³-hybridized carbons (Fsp3) is 0.462. The van der Waals surface area contributed by atoms with Crippen molar-refractivity contribution in [2.75, 3.05) is 26.3 Å². The van der Waals surface area contributed by atoms with Crippen molar-refractivity contribution < 1.29 is 66.7 Å². The molecule has 0 bridgehead atoms. The van der Waals surface area contributed by atoms with Crippen molar-refractivity contribution in [3.05, 3.63) is 166 Å². The molecule has 2 saturated heterocycles. The fourth-order valence-corrected chi connectivity index (χ4v) is 18.5. The van der Waals surface area contributed by atoms with Gasteiger partial charge in [0, 0.05) is 68.3 Å². The van der Waals surface area contributed by atoms with Gasteiger partial charge < -0.3 is 48.5 Å². The van der Waals surface area contributed by atoms with E-state index in [9.17, 15) is 0 Å². The van der Waals surface area contributed by atoms with Crippen LogP contribution in [0.5, 0.6) is 46.0 Å². The van der Waals surface area contributed by atoms with E-state index in [2.05, 4.69) is 72.9 Å². The van der Waals surface area contributed by atoms with Crippen LogP contribution < -0.4 is 29.6 Å². The molecule has 0 radical (unpaired) electrons. The van der Waals surface area contributed by atoms with Crippen molar-refractivity contribution in [2.24, 2.45) is 11.8 Å². The lowest BCUT2D eigenvalue weighted by Crippen LogP contribution is -2.54. The van der Waals surface area contributed by atoms with E-state index < -0.39 is 71.7 Å². The minimum absolute atomic E-state index is 0.0880. The number of esters is 2. The molecule has 4 aliphatic carbocycles. The molecule has 8 aliphatic rings. The van der Waals surface area contributed by atoms with Crippen LogP contribution >= 0.6 is 0 Å². The predicted molar refractivity (Wildman–Crippen MR) is 427 cm³/mol. The summed E-state index contributed by atoms with van der Waals surface area (Å²) in [5, 5.41) is 9.93. The number of benzene rings is 9. The Morgan fingerprint density at radius 1 is 0.405 bits per heavy atom. The summed E-state index contributed by atoms with van der Waals surface area (Å²) in [6.07, 6.45) is 10.9. The lowest BCUT2D eigenvalue weighted by atomic mass is 9.80. The number of rotatable bonds is 25. The van der Waals surface area contributed by atoms with Crippen LogP contribution in [0.25, 0.3) is 43.1 Å². The number of hydrogen-bond donors (Lipinski definition) is 2. The Morgan fingerprint density at radius 3 is 0.982 bits per heavy atom. The zero-order valence-corrected chi connectivity index (χ0v) is 65.3. The number of amides is 4. The monoisotopic (exact) mass is 1500 g/mol. The number of ether oxygens (including phenoxy) is 8. The molecule has 18 nitrogen and oxygen atoms in total. The van der Waals surface area contributed by atoms with Crippen molar-refractivity contribution >= 4 is 78.7 Å². The van der Waals surface area contributed by atoms with Gasteiger partial charge in [-0.05, 0) is 207 Å². The third-order valence-corrected chi connectivity index (χ3v) is 24.9. The second-order valence-electron chi connectivity index (χ2n) is 34.6. The normalized spacial score (nSPS) is 22.1. The van der Waals surface area contributed by atoms with Gasteiger partial charge in [-0.2, -0.15) is 0 Å². The van der Waals surface area contributed by atoms with Gasteiger partial charge in [0.25, 0.3) is 23.6 Å². The molecule has 9 aromatic rings. The number of carbonyl (C=O) groups excluding carboxylic acids is 6. The molecule has 6 fully saturated rings. The lowest BCUT2D eigenvalue weighted by Gasteiger charge is -2.38. The lowest BCUT2D eigenvalue weighted by molar-refractivity contribution is -0.158. The highest BCUT2D eigenvalue weighted by Gasteiger charge is 2.51. The SMILES string of the molecule is CC(C)c1ccc(Oc2cc3c4c(cc(Oc5ccc(C(C)C)cc5)c5c6c(Oc7ccc(C(C)(C)C)cc7)cc7c8c(cc(Oc9ccc(C(C)C)cc9)c(c2c45)c86)C(=O)N(C(C(=O)OC2CCCC(NCC4CO4)C2)C2CCCC2)C7=O)C(=O)N(C(C(=O)OC2CCCC(NCC4CO4)C2)C2CCCC2)C3=O)cc1. The zero-order valence-electron chi connectivity index (χ0n) is 65.3. The molecule has 4 saturated carbocycles. The molecule has 0 spiro atoms. The first-order valence-electron chi connectivity index (χ1n) is 40.9. The van der Waals surface area contributed by atoms with Crippen LogP contribution in [0, 0.1) is 11.8 Å². The molecule has 0 aromatic heterocycles. The van der Waals surface area contributed by atoms with Crippen LogP contribution in [0.4, 0.5) is 0 Å². The van der Waals surface area contributed by atoms with Gasteiger partial charge in [-0.3, -0.25) is 29.0 Å². The summed E-state index contributed by atoms with van der Waals surface area (Å²) in [5.41, 5.74) is 4.33. The van der Waals surface area contributed by atoms with E-state index >= 15 is 28.8 Å². The number of hydrogen-bond acceptors (Lipinski definition) is 16. The van der Waals surface area contributed by atoms with Crippen LogP contribution in [0.1, 0.15) is 246 Å². The van der Waals surface area contributed by atoms with Gasteiger partial charge in [0.2, 0.25) is 0 Å². The Labute approximate surface area is 649 Å². The van der Waals surface area contributed by atoms with Gasteiger partial charge >= 0.3 is 11.9 Å². The summed E-state index contributed by atoms with van der Waals surface area (Å²) in [6, 6.07) is 35.5. The van der Waals surface area contributed by atoms with Crippen LogP contribution in [-0.4, -0.2) is 120 Å². The molecule has 8 atom stereocenters. The van der Waals surface area contributed by atoms with Crippen LogP contribution in [0.15, 0.2) is 121 Å². The minimum atomic E-state index is -1.29. The number of imide groups is 2. The molecule has 2 N–H and O–H groups in total. The van der Waals surface area contributed by atoms with Gasteiger partial charge in [0.1, 0.15) is 70.3 Å². The van der Waals surface area contributed by atoms with Crippen molar-refractivity contribution in [1.82, 2.24) is 20.4 Å². The van der Waals surface area contributed by atoms with E-state index in [4.69, 9.17) is 37.9 Å². The molecule has 4 heterocycles. The first-order chi connectivity index (χ1) is 53.6. The number of nitrogens with zero attached hydrogens (tertiary/aromatic N) is 2. The Morgan fingerprint density at radius 2 is 0.703 bits per heavy atom. The van der Waals surface area contributed by atoms with Gasteiger partial charge in [0.05, 0.1) is 47.7 Å². The molecule has 18 heteroatoms. The Hall–Kier alpha value is -9.46. The minimum Gasteiger partial charge on any atom is -0.461 e.